The first-order valence-corrected chi connectivity index (χ1v) is 7.52. The van der Waals surface area contributed by atoms with E-state index >= 15 is 0 Å². The zero-order chi connectivity index (χ0) is 15.0. The van der Waals surface area contributed by atoms with Gasteiger partial charge in [0.25, 0.3) is 5.91 Å². The van der Waals surface area contributed by atoms with E-state index in [1.807, 2.05) is 50.4 Å². The van der Waals surface area contributed by atoms with Crippen LogP contribution in [0.2, 0.25) is 0 Å². The van der Waals surface area contributed by atoms with E-state index in [1.54, 1.807) is 0 Å². The van der Waals surface area contributed by atoms with Crippen molar-refractivity contribution in [2.45, 2.75) is 20.8 Å². The highest BCUT2D eigenvalue weighted by Gasteiger charge is 2.13. The Morgan fingerprint density at radius 1 is 1.14 bits per heavy atom. The van der Waals surface area contributed by atoms with Gasteiger partial charge >= 0.3 is 0 Å². The Morgan fingerprint density at radius 3 is 2.67 bits per heavy atom. The number of fused-ring (bicyclic) bond motifs is 1. The molecule has 0 saturated heterocycles. The molecule has 3 aromatic rings. The van der Waals surface area contributed by atoms with E-state index in [-0.39, 0.29) is 5.91 Å². The molecule has 0 aliphatic heterocycles. The number of amides is 1. The van der Waals surface area contributed by atoms with E-state index in [0.717, 1.165) is 27.9 Å². The molecule has 0 aliphatic carbocycles. The van der Waals surface area contributed by atoms with Gasteiger partial charge in [0.15, 0.2) is 5.13 Å². The summed E-state index contributed by atoms with van der Waals surface area (Å²) in [5.41, 5.74) is 4.26. The number of nitrogens with zero attached hydrogens (tertiary/aromatic N) is 2. The summed E-state index contributed by atoms with van der Waals surface area (Å²) in [5, 5.41) is 6.32. The molecular weight excluding hydrogens is 282 g/mol. The minimum absolute atomic E-state index is 0.169. The van der Waals surface area contributed by atoms with Crippen LogP contribution in [-0.2, 0) is 0 Å². The molecule has 0 unspecified atom stereocenters. The standard InChI is InChI=1S/C16H15N3OS/c1-9-4-5-14-12(6-9)7-13(11(3)18-14)15(20)19-16-17-10(2)8-21-16/h4-8H,1-3H3,(H,17,19,20). The molecule has 1 N–H and O–H groups in total. The highest BCUT2D eigenvalue weighted by molar-refractivity contribution is 7.13. The highest BCUT2D eigenvalue weighted by Crippen LogP contribution is 2.20. The van der Waals surface area contributed by atoms with Crippen LogP contribution in [0.4, 0.5) is 5.13 Å². The number of nitrogens with one attached hydrogen (secondary N) is 1. The fraction of sp³-hybridized carbons (Fsp3) is 0.188. The fourth-order valence-electron chi connectivity index (χ4n) is 2.20. The summed E-state index contributed by atoms with van der Waals surface area (Å²) in [6, 6.07) is 7.92. The number of carbonyl (C=O) groups is 1. The second-order valence-electron chi connectivity index (χ2n) is 5.07. The van der Waals surface area contributed by atoms with Crippen LogP contribution in [0.5, 0.6) is 0 Å². The second-order valence-corrected chi connectivity index (χ2v) is 5.92. The minimum Gasteiger partial charge on any atom is -0.298 e. The maximum Gasteiger partial charge on any atom is 0.259 e. The average molecular weight is 297 g/mol. The van der Waals surface area contributed by atoms with E-state index < -0.39 is 0 Å². The summed E-state index contributed by atoms with van der Waals surface area (Å²) >= 11 is 1.42. The molecule has 106 valence electrons. The molecule has 0 atom stereocenters. The van der Waals surface area contributed by atoms with Gasteiger partial charge in [-0.15, -0.1) is 11.3 Å². The topological polar surface area (TPSA) is 54.9 Å². The summed E-state index contributed by atoms with van der Waals surface area (Å²) < 4.78 is 0. The number of aryl methyl sites for hydroxylation is 3. The number of aromatic nitrogens is 2. The molecule has 5 heteroatoms. The molecule has 0 fully saturated rings. The van der Waals surface area contributed by atoms with Crippen molar-refractivity contribution in [1.29, 1.82) is 0 Å². The quantitative estimate of drug-likeness (QED) is 0.781. The van der Waals surface area contributed by atoms with Gasteiger partial charge < -0.3 is 0 Å². The number of anilines is 1. The Hall–Kier alpha value is -2.27. The van der Waals surface area contributed by atoms with Crippen molar-refractivity contribution in [2.24, 2.45) is 0 Å². The molecule has 0 saturated carbocycles. The summed E-state index contributed by atoms with van der Waals surface area (Å²) in [7, 11) is 0. The molecule has 2 heterocycles. The molecule has 2 aromatic heterocycles. The van der Waals surface area contributed by atoms with Gasteiger partial charge in [0.05, 0.1) is 22.5 Å². The summed E-state index contributed by atoms with van der Waals surface area (Å²) in [6.07, 6.45) is 0. The number of pyridine rings is 1. The van der Waals surface area contributed by atoms with Crippen LogP contribution >= 0.6 is 11.3 Å². The van der Waals surface area contributed by atoms with Crippen molar-refractivity contribution in [1.82, 2.24) is 9.97 Å². The van der Waals surface area contributed by atoms with Gasteiger partial charge in [-0.3, -0.25) is 15.1 Å². The smallest absolute Gasteiger partial charge is 0.259 e. The number of benzene rings is 1. The lowest BCUT2D eigenvalue weighted by atomic mass is 10.1. The van der Waals surface area contributed by atoms with Crippen LogP contribution < -0.4 is 5.32 Å². The lowest BCUT2D eigenvalue weighted by Gasteiger charge is -2.07. The largest absolute Gasteiger partial charge is 0.298 e. The zero-order valence-corrected chi connectivity index (χ0v) is 12.9. The van der Waals surface area contributed by atoms with Gasteiger partial charge in [0.1, 0.15) is 0 Å². The van der Waals surface area contributed by atoms with Crippen molar-refractivity contribution < 1.29 is 4.79 Å². The van der Waals surface area contributed by atoms with Crippen molar-refractivity contribution >= 4 is 33.3 Å². The van der Waals surface area contributed by atoms with E-state index in [4.69, 9.17) is 0 Å². The molecule has 21 heavy (non-hydrogen) atoms. The summed E-state index contributed by atoms with van der Waals surface area (Å²) in [6.45, 7) is 5.77. The average Bonchev–Trinajstić information content (AvgIpc) is 2.83. The van der Waals surface area contributed by atoms with E-state index in [1.165, 1.54) is 11.3 Å². The molecule has 0 radical (unpaired) electrons. The summed E-state index contributed by atoms with van der Waals surface area (Å²) in [5.74, 6) is -0.169. The first kappa shape index (κ1) is 13.7. The maximum atomic E-state index is 12.4. The van der Waals surface area contributed by atoms with Crippen molar-refractivity contribution in [3.05, 3.63) is 52.2 Å². The van der Waals surface area contributed by atoms with Crippen LogP contribution in [0.1, 0.15) is 27.3 Å². The van der Waals surface area contributed by atoms with Crippen molar-refractivity contribution in [2.75, 3.05) is 5.32 Å². The second kappa shape index (κ2) is 5.26. The SMILES string of the molecule is Cc1ccc2nc(C)c(C(=O)Nc3nc(C)cs3)cc2c1. The third kappa shape index (κ3) is 2.78. The van der Waals surface area contributed by atoms with Crippen molar-refractivity contribution in [3.8, 4) is 0 Å². The van der Waals surface area contributed by atoms with E-state index in [2.05, 4.69) is 15.3 Å². The number of thiazole rings is 1. The molecule has 0 aliphatic rings. The highest BCUT2D eigenvalue weighted by atomic mass is 32.1. The van der Waals surface area contributed by atoms with Crippen LogP contribution in [0, 0.1) is 20.8 Å². The molecule has 0 spiro atoms. The Balaban J connectivity index is 1.98. The van der Waals surface area contributed by atoms with E-state index in [0.29, 0.717) is 10.7 Å². The third-order valence-electron chi connectivity index (χ3n) is 3.24. The Kier molecular flexibility index (Phi) is 3.43. The molecular formula is C16H15N3OS. The number of hydrogen-bond acceptors (Lipinski definition) is 4. The van der Waals surface area contributed by atoms with Crippen LogP contribution in [-0.4, -0.2) is 15.9 Å². The first-order chi connectivity index (χ1) is 10.0. The fourth-order valence-corrected chi connectivity index (χ4v) is 2.88. The third-order valence-corrected chi connectivity index (χ3v) is 4.12. The van der Waals surface area contributed by atoms with Crippen LogP contribution in [0.3, 0.4) is 0 Å². The maximum absolute atomic E-state index is 12.4. The first-order valence-electron chi connectivity index (χ1n) is 6.64. The summed E-state index contributed by atoms with van der Waals surface area (Å²) in [4.78, 5) is 21.1. The lowest BCUT2D eigenvalue weighted by molar-refractivity contribution is 0.102. The molecule has 1 amide bonds. The Labute approximate surface area is 126 Å². The predicted molar refractivity (Wildman–Crippen MR) is 86.0 cm³/mol. The van der Waals surface area contributed by atoms with Gasteiger partial charge in [-0.2, -0.15) is 0 Å². The minimum atomic E-state index is -0.169. The number of rotatable bonds is 2. The normalized spacial score (nSPS) is 10.8. The Bertz CT molecular complexity index is 839. The van der Waals surface area contributed by atoms with Gasteiger partial charge in [-0.1, -0.05) is 11.6 Å². The predicted octanol–water partition coefficient (Wildman–Crippen LogP) is 3.87. The lowest BCUT2D eigenvalue weighted by Crippen LogP contribution is -2.14. The zero-order valence-electron chi connectivity index (χ0n) is 12.1. The van der Waals surface area contributed by atoms with Gasteiger partial charge in [0.2, 0.25) is 0 Å². The molecule has 4 nitrogen and oxygen atoms in total. The molecule has 0 bridgehead atoms. The van der Waals surface area contributed by atoms with Crippen LogP contribution in [0.25, 0.3) is 10.9 Å². The van der Waals surface area contributed by atoms with Crippen LogP contribution in [0.15, 0.2) is 29.6 Å². The van der Waals surface area contributed by atoms with Gasteiger partial charge in [0, 0.05) is 10.8 Å². The van der Waals surface area contributed by atoms with E-state index in [9.17, 15) is 4.79 Å². The van der Waals surface area contributed by atoms with Gasteiger partial charge in [-0.05, 0) is 39.0 Å². The number of carbonyl (C=O) groups excluding carboxylic acids is 1. The Morgan fingerprint density at radius 2 is 1.95 bits per heavy atom. The molecule has 3 rings (SSSR count). The number of hydrogen-bond donors (Lipinski definition) is 1. The van der Waals surface area contributed by atoms with Gasteiger partial charge in [-0.25, -0.2) is 4.98 Å². The van der Waals surface area contributed by atoms with Crippen molar-refractivity contribution in [3.63, 3.8) is 0 Å². The molecule has 1 aromatic carbocycles. The monoisotopic (exact) mass is 297 g/mol.